The molecule has 20 heavy (non-hydrogen) atoms. The number of thiol groups is 1. The smallest absolute Gasteiger partial charge is 1.00 e. The molecule has 0 aliphatic heterocycles. The molecular formula is C6H4Cl3NaO6S4. The third-order valence-electron chi connectivity index (χ3n) is 1.82. The van der Waals surface area contributed by atoms with Gasteiger partial charge in [-0.3, -0.25) is 0 Å². The third-order valence-corrected chi connectivity index (χ3v) is 6.63. The summed E-state index contributed by atoms with van der Waals surface area (Å²) in [7, 11) is 1.85. The van der Waals surface area contributed by atoms with E-state index in [2.05, 4.69) is 12.6 Å². The van der Waals surface area contributed by atoms with E-state index in [1.54, 1.807) is 0 Å². The van der Waals surface area contributed by atoms with Crippen LogP contribution in [0.15, 0.2) is 31.7 Å². The van der Waals surface area contributed by atoms with Gasteiger partial charge < -0.3 is 1.43 Å². The van der Waals surface area contributed by atoms with Crippen LogP contribution in [0.5, 0.6) is 0 Å². The second-order valence-corrected chi connectivity index (χ2v) is 11.2. The van der Waals surface area contributed by atoms with E-state index in [1.165, 1.54) is 0 Å². The molecule has 0 amide bonds. The first-order chi connectivity index (χ1) is 8.24. The second-order valence-electron chi connectivity index (χ2n) is 3.08. The summed E-state index contributed by atoms with van der Waals surface area (Å²) in [6.45, 7) is 0. The van der Waals surface area contributed by atoms with Crippen molar-refractivity contribution in [3.05, 3.63) is 12.1 Å². The summed E-state index contributed by atoms with van der Waals surface area (Å²) >= 11 is 3.68. The molecule has 1 rings (SSSR count). The van der Waals surface area contributed by atoms with Crippen molar-refractivity contribution in [3.8, 4) is 0 Å². The van der Waals surface area contributed by atoms with Crippen LogP contribution < -0.4 is 29.6 Å². The van der Waals surface area contributed by atoms with Crippen LogP contribution in [0.4, 0.5) is 0 Å². The van der Waals surface area contributed by atoms with Crippen molar-refractivity contribution in [1.29, 1.82) is 0 Å². The van der Waals surface area contributed by atoms with E-state index in [4.69, 9.17) is 32.0 Å². The van der Waals surface area contributed by atoms with Crippen molar-refractivity contribution >= 4 is 71.8 Å². The van der Waals surface area contributed by atoms with E-state index >= 15 is 0 Å². The van der Waals surface area contributed by atoms with Gasteiger partial charge in [0.15, 0.2) is 0 Å². The molecule has 0 fully saturated rings. The first-order valence-electron chi connectivity index (χ1n) is 3.95. The van der Waals surface area contributed by atoms with Gasteiger partial charge in [0.05, 0.1) is 14.7 Å². The van der Waals surface area contributed by atoms with E-state index in [-0.39, 0.29) is 31.0 Å². The Hall–Kier alpha value is 1.29. The van der Waals surface area contributed by atoms with Gasteiger partial charge in [0.2, 0.25) is 0 Å². The molecule has 0 aromatic heterocycles. The van der Waals surface area contributed by atoms with Gasteiger partial charge in [-0.25, -0.2) is 25.3 Å². The molecule has 14 heteroatoms. The Bertz CT molecular complexity index is 797. The second kappa shape index (κ2) is 6.81. The van der Waals surface area contributed by atoms with Crippen molar-refractivity contribution in [1.82, 2.24) is 0 Å². The molecule has 0 radical (unpaired) electrons. The van der Waals surface area contributed by atoms with Crippen LogP contribution in [-0.2, 0) is 27.2 Å². The predicted molar refractivity (Wildman–Crippen MR) is 73.9 cm³/mol. The number of benzene rings is 1. The Morgan fingerprint density at radius 2 is 1.10 bits per heavy atom. The monoisotopic (exact) mass is 428 g/mol. The summed E-state index contributed by atoms with van der Waals surface area (Å²) in [6, 6.07) is 1.16. The fourth-order valence-electron chi connectivity index (χ4n) is 1.07. The molecule has 0 spiro atoms. The maximum absolute atomic E-state index is 11.3. The van der Waals surface area contributed by atoms with Gasteiger partial charge in [-0.1, -0.05) is 0 Å². The maximum atomic E-state index is 11.3. The SMILES string of the molecule is O=S(=O)(Cl)c1cc(S(=O)(=O)Cl)c(S)c(S(=O)(=O)Cl)c1.[H-].[Na+]. The van der Waals surface area contributed by atoms with E-state index in [9.17, 15) is 25.3 Å². The van der Waals surface area contributed by atoms with Crippen molar-refractivity contribution in [2.24, 2.45) is 0 Å². The molecule has 0 saturated heterocycles. The average Bonchev–Trinajstić information content (AvgIpc) is 2.11. The minimum Gasteiger partial charge on any atom is -1.00 e. The summed E-state index contributed by atoms with van der Waals surface area (Å²) in [5.41, 5.74) is 0. The van der Waals surface area contributed by atoms with Crippen LogP contribution in [0, 0.1) is 0 Å². The van der Waals surface area contributed by atoms with Crippen molar-refractivity contribution < 1.29 is 56.2 Å². The molecule has 6 nitrogen and oxygen atoms in total. The van der Waals surface area contributed by atoms with E-state index in [1.807, 2.05) is 0 Å². The zero-order chi connectivity index (χ0) is 15.2. The van der Waals surface area contributed by atoms with Gasteiger partial charge in [-0.2, -0.15) is 0 Å². The van der Waals surface area contributed by atoms with Crippen molar-refractivity contribution in [2.75, 3.05) is 0 Å². The Morgan fingerprint density at radius 3 is 1.30 bits per heavy atom. The van der Waals surface area contributed by atoms with Crippen LogP contribution in [0.25, 0.3) is 0 Å². The van der Waals surface area contributed by atoms with Gasteiger partial charge in [0.25, 0.3) is 27.2 Å². The summed E-state index contributed by atoms with van der Waals surface area (Å²) in [5, 5.41) is 0. The topological polar surface area (TPSA) is 102 Å². The molecule has 0 atom stereocenters. The van der Waals surface area contributed by atoms with Crippen LogP contribution >= 0.6 is 44.7 Å². The molecule has 0 N–H and O–H groups in total. The molecule has 1 aromatic rings. The van der Waals surface area contributed by atoms with Gasteiger partial charge >= 0.3 is 29.6 Å². The van der Waals surface area contributed by atoms with Gasteiger partial charge in [-0.05, 0) is 12.1 Å². The fourth-order valence-corrected chi connectivity index (χ4v) is 5.19. The van der Waals surface area contributed by atoms with E-state index < -0.39 is 46.7 Å². The first-order valence-corrected chi connectivity index (χ1v) is 11.3. The predicted octanol–water partition coefficient (Wildman–Crippen LogP) is -1.13. The van der Waals surface area contributed by atoms with Gasteiger partial charge in [0.1, 0.15) is 0 Å². The average molecular weight is 430 g/mol. The zero-order valence-corrected chi connectivity index (χ0v) is 17.0. The number of hydrogen-bond acceptors (Lipinski definition) is 7. The molecule has 0 bridgehead atoms. The van der Waals surface area contributed by atoms with E-state index in [0.29, 0.717) is 12.1 Å². The summed E-state index contributed by atoms with van der Waals surface area (Å²) in [6.07, 6.45) is 0. The summed E-state index contributed by atoms with van der Waals surface area (Å²) in [4.78, 5) is -3.06. The minimum absolute atomic E-state index is 0. The number of halogens is 3. The van der Waals surface area contributed by atoms with Crippen LogP contribution in [-0.4, -0.2) is 25.3 Å². The molecule has 0 heterocycles. The third kappa shape index (κ3) is 5.18. The molecule has 0 unspecified atom stereocenters. The van der Waals surface area contributed by atoms with Crippen LogP contribution in [0.1, 0.15) is 1.43 Å². The molecule has 0 aliphatic carbocycles. The Balaban J connectivity index is 0. The Labute approximate surface area is 158 Å². The zero-order valence-electron chi connectivity index (χ0n) is 10.4. The van der Waals surface area contributed by atoms with Gasteiger partial charge in [-0.15, -0.1) is 12.6 Å². The van der Waals surface area contributed by atoms with Crippen LogP contribution in [0.3, 0.4) is 0 Å². The summed E-state index contributed by atoms with van der Waals surface area (Å²) in [5.74, 6) is 0. The quantitative estimate of drug-likeness (QED) is 0.371. The van der Waals surface area contributed by atoms with Crippen molar-refractivity contribution in [3.63, 3.8) is 0 Å². The van der Waals surface area contributed by atoms with Gasteiger partial charge in [0, 0.05) is 36.9 Å². The number of rotatable bonds is 3. The molecular weight excluding hydrogens is 426 g/mol. The maximum Gasteiger partial charge on any atom is 1.00 e. The van der Waals surface area contributed by atoms with Crippen LogP contribution in [0.2, 0.25) is 0 Å². The molecule has 0 saturated carbocycles. The largest absolute Gasteiger partial charge is 1.00 e. The Morgan fingerprint density at radius 1 is 0.800 bits per heavy atom. The fraction of sp³-hybridized carbons (Fsp3) is 0. The number of hydrogen-bond donors (Lipinski definition) is 1. The minimum atomic E-state index is -4.45. The standard InChI is InChI=1S/C6H3Cl3O6S4.Na.H/c7-17(10,11)3-1-4(18(8,12)13)6(16)5(2-3)19(9,14)15;;/h1-2,16H;;/q;+1;-1. The first kappa shape index (κ1) is 21.3. The van der Waals surface area contributed by atoms with Crippen molar-refractivity contribution in [2.45, 2.75) is 19.6 Å². The molecule has 110 valence electrons. The van der Waals surface area contributed by atoms with E-state index in [0.717, 1.165) is 0 Å². The molecule has 1 aromatic carbocycles. The molecule has 0 aliphatic rings. The summed E-state index contributed by atoms with van der Waals surface area (Å²) < 4.78 is 67.3. The Kier molecular flexibility index (Phi) is 7.25. The normalized spacial score (nSPS) is 12.8.